The first-order valence-corrected chi connectivity index (χ1v) is 13.6. The Morgan fingerprint density at radius 1 is 1.30 bits per heavy atom. The molecule has 20 heavy (non-hydrogen) atoms. The highest BCUT2D eigenvalue weighted by atomic mass is 29.3. The maximum atomic E-state index is 11.5. The molecule has 1 aliphatic heterocycles. The molecule has 0 aromatic carbocycles. The number of hydrogen-bond donors (Lipinski definition) is 1. The lowest BCUT2D eigenvalue weighted by Gasteiger charge is -2.50. The van der Waals surface area contributed by atoms with Crippen LogP contribution in [0.1, 0.15) is 20.3 Å². The first-order valence-electron chi connectivity index (χ1n) is 6.75. The van der Waals surface area contributed by atoms with Crippen molar-refractivity contribution in [3.8, 4) is 0 Å². The van der Waals surface area contributed by atoms with Crippen LogP contribution in [-0.4, -0.2) is 44.3 Å². The van der Waals surface area contributed by atoms with Crippen molar-refractivity contribution in [1.29, 1.82) is 0 Å². The zero-order chi connectivity index (χ0) is 15.6. The summed E-state index contributed by atoms with van der Waals surface area (Å²) in [6.45, 7) is 10.8. The molecular formula is C13H24O5Si2. The Kier molecular flexibility index (Phi) is 4.99. The molecule has 1 fully saturated rings. The first kappa shape index (κ1) is 17.1. The summed E-state index contributed by atoms with van der Waals surface area (Å²) in [6, 6.07) is 1.08. The van der Waals surface area contributed by atoms with Crippen molar-refractivity contribution in [2.75, 3.05) is 6.23 Å². The van der Waals surface area contributed by atoms with Crippen molar-refractivity contribution < 1.29 is 23.9 Å². The number of aliphatic carboxylic acids is 1. The fourth-order valence-corrected chi connectivity index (χ4v) is 11.9. The van der Waals surface area contributed by atoms with Crippen LogP contribution >= 0.6 is 0 Å². The maximum absolute atomic E-state index is 11.5. The second-order valence-corrected chi connectivity index (χ2v) is 21.1. The Balaban J connectivity index is 2.66. The lowest BCUT2D eigenvalue weighted by atomic mass is 10.1. The highest BCUT2D eigenvalue weighted by molar-refractivity contribution is 7.39. The summed E-state index contributed by atoms with van der Waals surface area (Å²) in [7, 11) is -3.65. The van der Waals surface area contributed by atoms with Gasteiger partial charge < -0.3 is 14.3 Å². The Labute approximate surface area is 121 Å². The predicted octanol–water partition coefficient (Wildman–Crippen LogP) is 2.27. The summed E-state index contributed by atoms with van der Waals surface area (Å²) in [5.41, 5.74) is -0.0878. The fourth-order valence-electron chi connectivity index (χ4n) is 2.41. The van der Waals surface area contributed by atoms with Gasteiger partial charge >= 0.3 is 11.9 Å². The van der Waals surface area contributed by atoms with E-state index in [4.69, 9.17) is 14.3 Å². The van der Waals surface area contributed by atoms with Gasteiger partial charge in [0.25, 0.3) is 0 Å². The summed E-state index contributed by atoms with van der Waals surface area (Å²) in [5, 5.41) is 8.47. The number of carboxylic acids is 1. The van der Waals surface area contributed by atoms with Crippen LogP contribution < -0.4 is 0 Å². The number of carbonyl (C=O) groups is 2. The van der Waals surface area contributed by atoms with Gasteiger partial charge in [-0.3, -0.25) is 0 Å². The van der Waals surface area contributed by atoms with Crippen molar-refractivity contribution in [2.24, 2.45) is 0 Å². The lowest BCUT2D eigenvalue weighted by molar-refractivity contribution is -0.137. The molecule has 1 rings (SSSR count). The maximum Gasteiger partial charge on any atom is 0.330 e. The monoisotopic (exact) mass is 316 g/mol. The van der Waals surface area contributed by atoms with Crippen LogP contribution in [0.4, 0.5) is 0 Å². The van der Waals surface area contributed by atoms with Gasteiger partial charge in [-0.15, -0.1) is 0 Å². The minimum atomic E-state index is -1.87. The molecule has 7 heteroatoms. The van der Waals surface area contributed by atoms with E-state index < -0.39 is 27.4 Å². The van der Waals surface area contributed by atoms with E-state index >= 15 is 0 Å². The zero-order valence-electron chi connectivity index (χ0n) is 12.9. The number of hydrogen-bond acceptors (Lipinski definition) is 4. The zero-order valence-corrected chi connectivity index (χ0v) is 14.9. The van der Waals surface area contributed by atoms with Crippen LogP contribution in [0, 0.1) is 0 Å². The van der Waals surface area contributed by atoms with Gasteiger partial charge in [-0.05, 0) is 33.4 Å². The van der Waals surface area contributed by atoms with Crippen LogP contribution in [0.15, 0.2) is 12.2 Å². The summed E-state index contributed by atoms with van der Waals surface area (Å²) < 4.78 is 11.6. The SMILES string of the molecule is CC1(C)CC[Si](C)(COC(=O)C=CC(=O)O)[Si](C)(C)O1. The standard InChI is InChI=1S/C13H24O5Si2/c1-13(2)8-9-20(5,19(3,4)18-13)10-17-12(16)7-6-11(14)15/h6-7H,8-10H2,1-5H3,(H,14,15). The molecule has 0 bridgehead atoms. The smallest absolute Gasteiger partial charge is 0.330 e. The summed E-state index contributed by atoms with van der Waals surface area (Å²) >= 11 is 0. The van der Waals surface area contributed by atoms with Crippen molar-refractivity contribution in [1.82, 2.24) is 0 Å². The molecule has 0 radical (unpaired) electrons. The van der Waals surface area contributed by atoms with Gasteiger partial charge in [0.1, 0.15) is 7.59 Å². The second-order valence-electron chi connectivity index (χ2n) is 6.71. The van der Waals surface area contributed by atoms with Crippen molar-refractivity contribution in [3.63, 3.8) is 0 Å². The molecule has 0 saturated carbocycles. The van der Waals surface area contributed by atoms with Crippen LogP contribution in [0.2, 0.25) is 25.7 Å². The number of esters is 1. The molecule has 0 aromatic heterocycles. The molecule has 0 aliphatic carbocycles. The molecule has 114 valence electrons. The Hall–Kier alpha value is -0.926. The molecular weight excluding hydrogens is 292 g/mol. The minimum absolute atomic E-state index is 0.0878. The van der Waals surface area contributed by atoms with Gasteiger partial charge in [-0.1, -0.05) is 12.6 Å². The highest BCUT2D eigenvalue weighted by Crippen LogP contribution is 2.38. The Bertz CT molecular complexity index is 430. The van der Waals surface area contributed by atoms with Crippen molar-refractivity contribution in [3.05, 3.63) is 12.2 Å². The highest BCUT2D eigenvalue weighted by Gasteiger charge is 2.54. The lowest BCUT2D eigenvalue weighted by Crippen LogP contribution is -2.68. The van der Waals surface area contributed by atoms with E-state index in [1.165, 1.54) is 0 Å². The van der Waals surface area contributed by atoms with Crippen molar-refractivity contribution >= 4 is 27.4 Å². The third kappa shape index (κ3) is 4.29. The molecule has 1 N–H and O–H groups in total. The van der Waals surface area contributed by atoms with Crippen molar-refractivity contribution in [2.45, 2.75) is 51.6 Å². The van der Waals surface area contributed by atoms with E-state index in [0.717, 1.165) is 24.6 Å². The Morgan fingerprint density at radius 3 is 2.40 bits per heavy atom. The fraction of sp³-hybridized carbons (Fsp3) is 0.692. The second kappa shape index (κ2) is 5.83. The Morgan fingerprint density at radius 2 is 1.90 bits per heavy atom. The van der Waals surface area contributed by atoms with Gasteiger partial charge in [-0.2, -0.15) is 0 Å². The molecule has 1 aliphatic rings. The first-order chi connectivity index (χ1) is 8.97. The van der Waals surface area contributed by atoms with E-state index in [0.29, 0.717) is 6.23 Å². The molecule has 1 saturated heterocycles. The largest absolute Gasteiger partial charge is 0.478 e. The van der Waals surface area contributed by atoms with Crippen LogP contribution in [0.25, 0.3) is 0 Å². The average Bonchev–Trinajstić information content (AvgIpc) is 2.28. The van der Waals surface area contributed by atoms with Crippen LogP contribution in [-0.2, 0) is 18.8 Å². The third-order valence-corrected chi connectivity index (χ3v) is 20.5. The van der Waals surface area contributed by atoms with E-state index in [-0.39, 0.29) is 5.60 Å². The number of carboxylic acid groups (broad SMARTS) is 1. The van der Waals surface area contributed by atoms with Gasteiger partial charge in [0.15, 0.2) is 7.83 Å². The normalized spacial score (nSPS) is 28.2. The number of ether oxygens (including phenoxy) is 1. The third-order valence-electron chi connectivity index (χ3n) is 4.16. The van der Waals surface area contributed by atoms with Crippen LogP contribution in [0.3, 0.4) is 0 Å². The molecule has 5 nitrogen and oxygen atoms in total. The van der Waals surface area contributed by atoms with Crippen LogP contribution in [0.5, 0.6) is 0 Å². The number of carbonyl (C=O) groups excluding carboxylic acids is 1. The van der Waals surface area contributed by atoms with E-state index in [1.54, 1.807) is 0 Å². The van der Waals surface area contributed by atoms with Gasteiger partial charge in [-0.25, -0.2) is 9.59 Å². The molecule has 0 aromatic rings. The molecule has 1 heterocycles. The molecule has 1 atom stereocenters. The quantitative estimate of drug-likeness (QED) is 0.489. The molecule has 1 unspecified atom stereocenters. The van der Waals surface area contributed by atoms with E-state index in [1.807, 2.05) is 0 Å². The van der Waals surface area contributed by atoms with Gasteiger partial charge in [0, 0.05) is 12.2 Å². The number of rotatable bonds is 4. The average molecular weight is 317 g/mol. The van der Waals surface area contributed by atoms with Gasteiger partial charge in [0.05, 0.1) is 11.8 Å². The summed E-state index contributed by atoms with van der Waals surface area (Å²) in [5.74, 6) is -1.74. The molecule has 0 amide bonds. The van der Waals surface area contributed by atoms with E-state index in [2.05, 4.69) is 33.5 Å². The van der Waals surface area contributed by atoms with Gasteiger partial charge in [0.2, 0.25) is 0 Å². The topological polar surface area (TPSA) is 72.8 Å². The summed E-state index contributed by atoms with van der Waals surface area (Å²) in [4.78, 5) is 21.8. The minimum Gasteiger partial charge on any atom is -0.478 e. The molecule has 0 spiro atoms. The predicted molar refractivity (Wildman–Crippen MR) is 81.4 cm³/mol. The van der Waals surface area contributed by atoms with E-state index in [9.17, 15) is 9.59 Å². The summed E-state index contributed by atoms with van der Waals surface area (Å²) in [6.07, 6.45) is 3.15.